The molecule has 0 atom stereocenters. The van der Waals surface area contributed by atoms with Crippen LogP contribution >= 0.6 is 0 Å². The molecule has 0 saturated heterocycles. The molecule has 0 aliphatic carbocycles. The van der Waals surface area contributed by atoms with Crippen molar-refractivity contribution in [3.63, 3.8) is 0 Å². The molecule has 0 spiro atoms. The third kappa shape index (κ3) is 2.32. The molecule has 0 bridgehead atoms. The van der Waals surface area contributed by atoms with Crippen molar-refractivity contribution in [1.82, 2.24) is 0 Å². The van der Waals surface area contributed by atoms with E-state index in [1.54, 1.807) is 31.3 Å². The zero-order valence-electron chi connectivity index (χ0n) is 13.2. The number of amides is 1. The highest BCUT2D eigenvalue weighted by atomic mass is 32.2. The summed E-state index contributed by atoms with van der Waals surface area (Å²) in [7, 11) is -2.19. The smallest absolute Gasteiger partial charge is 0.262 e. The van der Waals surface area contributed by atoms with E-state index in [2.05, 4.69) is 4.72 Å². The molecule has 3 aromatic rings. The predicted octanol–water partition coefficient (Wildman–Crippen LogP) is 2.94. The molecule has 0 unspecified atom stereocenters. The lowest BCUT2D eigenvalue weighted by molar-refractivity contribution is 0.0999. The van der Waals surface area contributed by atoms with Crippen LogP contribution < -0.4 is 9.62 Å². The average molecular weight is 354 g/mol. The Labute approximate surface area is 144 Å². The van der Waals surface area contributed by atoms with Gasteiger partial charge in [0.1, 0.15) is 5.75 Å². The number of sulfonamides is 1. The van der Waals surface area contributed by atoms with Crippen molar-refractivity contribution in [2.45, 2.75) is 4.90 Å². The van der Waals surface area contributed by atoms with Gasteiger partial charge in [-0.1, -0.05) is 12.1 Å². The molecular formula is C18H14N2O4S. The van der Waals surface area contributed by atoms with Crippen LogP contribution in [-0.2, 0) is 10.0 Å². The van der Waals surface area contributed by atoms with Crippen molar-refractivity contribution >= 4 is 38.1 Å². The highest BCUT2D eigenvalue weighted by Gasteiger charge is 2.30. The SMILES string of the molecule is CN1C(=O)c2cccc3c(S(=O)(=O)Nc4ccc(O)cc4)ccc1c23. The van der Waals surface area contributed by atoms with Crippen LogP contribution in [0.25, 0.3) is 10.8 Å². The Balaban J connectivity index is 1.88. The van der Waals surface area contributed by atoms with Crippen molar-refractivity contribution < 1.29 is 18.3 Å². The first-order valence-corrected chi connectivity index (χ1v) is 9.02. The fourth-order valence-corrected chi connectivity index (χ4v) is 4.35. The fraction of sp³-hybridized carbons (Fsp3) is 0.0556. The number of hydrogen-bond donors (Lipinski definition) is 2. The molecule has 1 amide bonds. The molecule has 0 fully saturated rings. The number of phenolic OH excluding ortho intramolecular Hbond substituents is 1. The molecule has 1 heterocycles. The van der Waals surface area contributed by atoms with E-state index in [-0.39, 0.29) is 16.6 Å². The summed E-state index contributed by atoms with van der Waals surface area (Å²) in [6.45, 7) is 0. The summed E-state index contributed by atoms with van der Waals surface area (Å²) in [5.41, 5.74) is 1.53. The minimum absolute atomic E-state index is 0.0508. The van der Waals surface area contributed by atoms with Gasteiger partial charge in [-0.15, -0.1) is 0 Å². The number of nitrogens with one attached hydrogen (secondary N) is 1. The van der Waals surface area contributed by atoms with Crippen molar-refractivity contribution in [2.75, 3.05) is 16.7 Å². The number of carbonyl (C=O) groups excluding carboxylic acids is 1. The van der Waals surface area contributed by atoms with Gasteiger partial charge in [0.05, 0.1) is 10.6 Å². The molecule has 4 rings (SSSR count). The topological polar surface area (TPSA) is 86.7 Å². The van der Waals surface area contributed by atoms with Crippen LogP contribution in [0, 0.1) is 0 Å². The number of hydrogen-bond acceptors (Lipinski definition) is 4. The third-order valence-corrected chi connectivity index (χ3v) is 5.72. The number of carbonyl (C=O) groups is 1. The predicted molar refractivity (Wildman–Crippen MR) is 95.6 cm³/mol. The van der Waals surface area contributed by atoms with Crippen LogP contribution in [0.5, 0.6) is 5.75 Å². The molecule has 0 radical (unpaired) electrons. The first-order valence-electron chi connectivity index (χ1n) is 7.54. The zero-order valence-corrected chi connectivity index (χ0v) is 14.0. The lowest BCUT2D eigenvalue weighted by atomic mass is 10.1. The van der Waals surface area contributed by atoms with Gasteiger partial charge in [0, 0.05) is 29.1 Å². The maximum absolute atomic E-state index is 12.8. The van der Waals surface area contributed by atoms with Gasteiger partial charge in [-0.05, 0) is 42.5 Å². The Morgan fingerprint density at radius 3 is 2.44 bits per heavy atom. The van der Waals surface area contributed by atoms with Gasteiger partial charge in [0.15, 0.2) is 0 Å². The molecule has 3 aromatic carbocycles. The third-order valence-electron chi connectivity index (χ3n) is 4.28. The van der Waals surface area contributed by atoms with Crippen LogP contribution in [0.15, 0.2) is 59.5 Å². The molecule has 25 heavy (non-hydrogen) atoms. The Kier molecular flexibility index (Phi) is 3.23. The molecule has 1 aliphatic heterocycles. The van der Waals surface area contributed by atoms with E-state index in [9.17, 15) is 18.3 Å². The lowest BCUT2D eigenvalue weighted by Gasteiger charge is -2.13. The highest BCUT2D eigenvalue weighted by Crippen LogP contribution is 2.39. The van der Waals surface area contributed by atoms with E-state index in [1.807, 2.05) is 0 Å². The van der Waals surface area contributed by atoms with Gasteiger partial charge >= 0.3 is 0 Å². The van der Waals surface area contributed by atoms with Crippen LogP contribution in [0.1, 0.15) is 10.4 Å². The maximum atomic E-state index is 12.8. The van der Waals surface area contributed by atoms with Crippen LogP contribution in [0.2, 0.25) is 0 Å². The van der Waals surface area contributed by atoms with Crippen molar-refractivity contribution in [2.24, 2.45) is 0 Å². The summed E-state index contributed by atoms with van der Waals surface area (Å²) in [6, 6.07) is 14.0. The second-order valence-corrected chi connectivity index (χ2v) is 7.48. The van der Waals surface area contributed by atoms with E-state index < -0.39 is 10.0 Å². The van der Waals surface area contributed by atoms with Crippen LogP contribution in [0.3, 0.4) is 0 Å². The monoisotopic (exact) mass is 354 g/mol. The lowest BCUT2D eigenvalue weighted by Crippen LogP contribution is -2.20. The van der Waals surface area contributed by atoms with Gasteiger partial charge in [-0.2, -0.15) is 0 Å². The minimum atomic E-state index is -3.85. The fourth-order valence-electron chi connectivity index (χ4n) is 3.08. The molecule has 6 nitrogen and oxygen atoms in total. The number of benzene rings is 3. The molecular weight excluding hydrogens is 340 g/mol. The average Bonchev–Trinajstić information content (AvgIpc) is 2.84. The first kappa shape index (κ1) is 15.5. The van der Waals surface area contributed by atoms with Crippen molar-refractivity contribution in [3.05, 3.63) is 60.2 Å². The molecule has 1 aliphatic rings. The highest BCUT2D eigenvalue weighted by molar-refractivity contribution is 7.93. The van der Waals surface area contributed by atoms with Crippen molar-refractivity contribution in [3.8, 4) is 5.75 Å². The van der Waals surface area contributed by atoms with Gasteiger partial charge < -0.3 is 10.0 Å². The van der Waals surface area contributed by atoms with Gasteiger partial charge in [-0.3, -0.25) is 9.52 Å². The summed E-state index contributed by atoms with van der Waals surface area (Å²) in [6.07, 6.45) is 0. The largest absolute Gasteiger partial charge is 0.508 e. The van der Waals surface area contributed by atoms with Gasteiger partial charge in [-0.25, -0.2) is 8.42 Å². The summed E-state index contributed by atoms with van der Waals surface area (Å²) in [4.78, 5) is 13.9. The Hall–Kier alpha value is -3.06. The first-order chi connectivity index (χ1) is 11.9. The van der Waals surface area contributed by atoms with E-state index >= 15 is 0 Å². The van der Waals surface area contributed by atoms with Gasteiger partial charge in [0.2, 0.25) is 0 Å². The van der Waals surface area contributed by atoms with Gasteiger partial charge in [0.25, 0.3) is 15.9 Å². The maximum Gasteiger partial charge on any atom is 0.262 e. The number of aromatic hydroxyl groups is 1. The number of nitrogens with zero attached hydrogens (tertiary/aromatic N) is 1. The number of rotatable bonds is 3. The minimum Gasteiger partial charge on any atom is -0.508 e. The van der Waals surface area contributed by atoms with E-state index in [0.29, 0.717) is 27.7 Å². The zero-order chi connectivity index (χ0) is 17.8. The number of phenols is 1. The standard InChI is InChI=1S/C18H14N2O4S/c1-20-15-9-10-16(13-3-2-4-14(17(13)15)18(20)22)25(23,24)19-11-5-7-12(21)8-6-11/h2-10,19,21H,1H3. The molecule has 2 N–H and O–H groups in total. The summed E-state index contributed by atoms with van der Waals surface area (Å²) in [5, 5.41) is 10.5. The van der Waals surface area contributed by atoms with E-state index in [4.69, 9.17) is 0 Å². The summed E-state index contributed by atoms with van der Waals surface area (Å²) < 4.78 is 28.2. The Morgan fingerprint density at radius 1 is 1.00 bits per heavy atom. The molecule has 7 heteroatoms. The Bertz CT molecular complexity index is 1120. The van der Waals surface area contributed by atoms with Crippen LogP contribution in [0.4, 0.5) is 11.4 Å². The summed E-state index contributed by atoms with van der Waals surface area (Å²) >= 11 is 0. The molecule has 0 saturated carbocycles. The van der Waals surface area contributed by atoms with Crippen LogP contribution in [-0.4, -0.2) is 26.5 Å². The molecule has 126 valence electrons. The summed E-state index contributed by atoms with van der Waals surface area (Å²) in [5.74, 6) is -0.100. The van der Waals surface area contributed by atoms with E-state index in [0.717, 1.165) is 0 Å². The van der Waals surface area contributed by atoms with Crippen molar-refractivity contribution in [1.29, 1.82) is 0 Å². The molecule has 0 aromatic heterocycles. The second kappa shape index (κ2) is 5.22. The second-order valence-electron chi connectivity index (χ2n) is 5.83. The Morgan fingerprint density at radius 2 is 1.72 bits per heavy atom. The van der Waals surface area contributed by atoms with E-state index in [1.165, 1.54) is 35.2 Å². The number of anilines is 2. The normalized spacial score (nSPS) is 13.5. The quantitative estimate of drug-likeness (QED) is 0.708.